The Balaban J connectivity index is 1.84. The van der Waals surface area contributed by atoms with Gasteiger partial charge in [0.05, 0.1) is 0 Å². The average Bonchev–Trinajstić information content (AvgIpc) is 2.30. The Morgan fingerprint density at radius 3 is 3.06 bits per heavy atom. The Bertz CT molecular complexity index is 380. The number of ketones is 1. The normalized spacial score (nSPS) is 20.2. The Kier molecular flexibility index (Phi) is 4.32. The van der Waals surface area contributed by atoms with E-state index in [-0.39, 0.29) is 0 Å². The maximum atomic E-state index is 12.0. The molecular formula is C15H21NO. The van der Waals surface area contributed by atoms with E-state index in [0.717, 1.165) is 25.1 Å². The van der Waals surface area contributed by atoms with E-state index < -0.39 is 0 Å². The third-order valence-electron chi connectivity index (χ3n) is 3.40. The predicted octanol–water partition coefficient (Wildman–Crippen LogP) is 2.50. The van der Waals surface area contributed by atoms with Gasteiger partial charge >= 0.3 is 0 Å². The number of hydrogen-bond acceptors (Lipinski definition) is 2. The Morgan fingerprint density at radius 1 is 1.47 bits per heavy atom. The molecule has 1 aliphatic rings. The van der Waals surface area contributed by atoms with Gasteiger partial charge in [-0.05, 0) is 44.3 Å². The molecule has 1 aromatic rings. The van der Waals surface area contributed by atoms with Gasteiger partial charge in [0.1, 0.15) is 5.78 Å². The van der Waals surface area contributed by atoms with Crippen LogP contribution >= 0.6 is 0 Å². The molecule has 0 bridgehead atoms. The molecule has 2 nitrogen and oxygen atoms in total. The van der Waals surface area contributed by atoms with Crippen molar-refractivity contribution in [1.29, 1.82) is 0 Å². The van der Waals surface area contributed by atoms with Gasteiger partial charge in [-0.3, -0.25) is 4.79 Å². The van der Waals surface area contributed by atoms with Gasteiger partial charge in [-0.2, -0.15) is 0 Å². The van der Waals surface area contributed by atoms with E-state index in [1.807, 2.05) is 12.1 Å². The smallest absolute Gasteiger partial charge is 0.137 e. The Hall–Kier alpha value is -1.15. The van der Waals surface area contributed by atoms with Gasteiger partial charge in [-0.15, -0.1) is 0 Å². The van der Waals surface area contributed by atoms with Gasteiger partial charge in [-0.25, -0.2) is 0 Å². The molecule has 1 atom stereocenters. The first kappa shape index (κ1) is 12.3. The van der Waals surface area contributed by atoms with Crippen LogP contribution in [0.25, 0.3) is 0 Å². The summed E-state index contributed by atoms with van der Waals surface area (Å²) in [7, 11) is 0. The van der Waals surface area contributed by atoms with Gasteiger partial charge in [0.15, 0.2) is 0 Å². The van der Waals surface area contributed by atoms with E-state index in [4.69, 9.17) is 0 Å². The van der Waals surface area contributed by atoms with Crippen LogP contribution in [0, 0.1) is 12.8 Å². The predicted molar refractivity (Wildman–Crippen MR) is 70.1 cm³/mol. The number of benzene rings is 1. The summed E-state index contributed by atoms with van der Waals surface area (Å²) in [5.74, 6) is 0.936. The minimum absolute atomic E-state index is 0.379. The molecular weight excluding hydrogens is 210 g/mol. The van der Waals surface area contributed by atoms with Crippen LogP contribution in [0.2, 0.25) is 0 Å². The van der Waals surface area contributed by atoms with Crippen LogP contribution < -0.4 is 5.32 Å². The Labute approximate surface area is 103 Å². The SMILES string of the molecule is Cc1cccc(CC(=O)CC2CCCNC2)c1. The summed E-state index contributed by atoms with van der Waals surface area (Å²) in [6, 6.07) is 8.25. The van der Waals surface area contributed by atoms with E-state index >= 15 is 0 Å². The summed E-state index contributed by atoms with van der Waals surface area (Å²) in [4.78, 5) is 12.0. The van der Waals surface area contributed by atoms with Crippen molar-refractivity contribution in [2.75, 3.05) is 13.1 Å². The first-order valence-corrected chi connectivity index (χ1v) is 6.52. The van der Waals surface area contributed by atoms with Gasteiger partial charge in [-0.1, -0.05) is 29.8 Å². The van der Waals surface area contributed by atoms with Crippen molar-refractivity contribution < 1.29 is 4.79 Å². The molecule has 0 aliphatic carbocycles. The summed E-state index contributed by atoms with van der Waals surface area (Å²) in [5.41, 5.74) is 2.38. The topological polar surface area (TPSA) is 29.1 Å². The van der Waals surface area contributed by atoms with E-state index in [2.05, 4.69) is 24.4 Å². The molecule has 1 N–H and O–H groups in total. The van der Waals surface area contributed by atoms with Gasteiger partial charge in [0, 0.05) is 12.8 Å². The zero-order valence-corrected chi connectivity index (χ0v) is 10.5. The van der Waals surface area contributed by atoms with Crippen molar-refractivity contribution in [2.24, 2.45) is 5.92 Å². The van der Waals surface area contributed by atoms with Crippen LogP contribution in [-0.4, -0.2) is 18.9 Å². The van der Waals surface area contributed by atoms with Crippen molar-refractivity contribution in [3.63, 3.8) is 0 Å². The van der Waals surface area contributed by atoms with Crippen molar-refractivity contribution in [3.8, 4) is 0 Å². The van der Waals surface area contributed by atoms with Gasteiger partial charge < -0.3 is 5.32 Å². The summed E-state index contributed by atoms with van der Waals surface area (Å²) in [5, 5.41) is 3.36. The monoisotopic (exact) mass is 231 g/mol. The van der Waals surface area contributed by atoms with Crippen LogP contribution in [0.3, 0.4) is 0 Å². The van der Waals surface area contributed by atoms with E-state index in [0.29, 0.717) is 18.1 Å². The Morgan fingerprint density at radius 2 is 2.35 bits per heavy atom. The van der Waals surface area contributed by atoms with Crippen molar-refractivity contribution in [1.82, 2.24) is 5.32 Å². The maximum Gasteiger partial charge on any atom is 0.137 e. The highest BCUT2D eigenvalue weighted by Gasteiger charge is 2.16. The number of rotatable bonds is 4. The van der Waals surface area contributed by atoms with Crippen molar-refractivity contribution >= 4 is 5.78 Å². The third-order valence-corrected chi connectivity index (χ3v) is 3.40. The molecule has 0 spiro atoms. The lowest BCUT2D eigenvalue weighted by atomic mass is 9.92. The van der Waals surface area contributed by atoms with E-state index in [1.54, 1.807) is 0 Å². The zero-order chi connectivity index (χ0) is 12.1. The lowest BCUT2D eigenvalue weighted by molar-refractivity contribution is -0.119. The number of carbonyl (C=O) groups is 1. The highest BCUT2D eigenvalue weighted by molar-refractivity contribution is 5.81. The molecule has 1 unspecified atom stereocenters. The highest BCUT2D eigenvalue weighted by atomic mass is 16.1. The van der Waals surface area contributed by atoms with E-state index in [9.17, 15) is 4.79 Å². The first-order valence-electron chi connectivity index (χ1n) is 6.52. The largest absolute Gasteiger partial charge is 0.316 e. The molecule has 1 aliphatic heterocycles. The third kappa shape index (κ3) is 3.97. The van der Waals surface area contributed by atoms with Crippen molar-refractivity contribution in [2.45, 2.75) is 32.6 Å². The number of aryl methyl sites for hydroxylation is 1. The summed E-state index contributed by atoms with van der Waals surface area (Å²) in [6.45, 7) is 4.20. The summed E-state index contributed by atoms with van der Waals surface area (Å²) >= 11 is 0. The fraction of sp³-hybridized carbons (Fsp3) is 0.533. The van der Waals surface area contributed by atoms with Crippen LogP contribution in [0.4, 0.5) is 0 Å². The second-order valence-corrected chi connectivity index (χ2v) is 5.12. The molecule has 0 amide bonds. The second-order valence-electron chi connectivity index (χ2n) is 5.12. The lowest BCUT2D eigenvalue weighted by Gasteiger charge is -2.21. The number of nitrogens with one attached hydrogen (secondary N) is 1. The molecule has 1 fully saturated rings. The average molecular weight is 231 g/mol. The molecule has 2 rings (SSSR count). The zero-order valence-electron chi connectivity index (χ0n) is 10.5. The van der Waals surface area contributed by atoms with Crippen molar-refractivity contribution in [3.05, 3.63) is 35.4 Å². The number of carbonyl (C=O) groups excluding carboxylic acids is 1. The first-order chi connectivity index (χ1) is 8.24. The van der Waals surface area contributed by atoms with Crippen LogP contribution in [0.15, 0.2) is 24.3 Å². The molecule has 1 aromatic carbocycles. The van der Waals surface area contributed by atoms with Crippen LogP contribution in [-0.2, 0) is 11.2 Å². The summed E-state index contributed by atoms with van der Waals surface area (Å²) in [6.07, 6.45) is 3.74. The molecule has 1 heterocycles. The van der Waals surface area contributed by atoms with Crippen LogP contribution in [0.5, 0.6) is 0 Å². The molecule has 17 heavy (non-hydrogen) atoms. The maximum absolute atomic E-state index is 12.0. The second kappa shape index (κ2) is 5.97. The minimum atomic E-state index is 0.379. The van der Waals surface area contributed by atoms with Gasteiger partial charge in [0.2, 0.25) is 0 Å². The van der Waals surface area contributed by atoms with E-state index in [1.165, 1.54) is 18.4 Å². The van der Waals surface area contributed by atoms with Crippen LogP contribution in [0.1, 0.15) is 30.4 Å². The minimum Gasteiger partial charge on any atom is -0.316 e. The number of hydrogen-bond donors (Lipinski definition) is 1. The lowest BCUT2D eigenvalue weighted by Crippen LogP contribution is -2.31. The molecule has 1 saturated heterocycles. The summed E-state index contributed by atoms with van der Waals surface area (Å²) < 4.78 is 0. The quantitative estimate of drug-likeness (QED) is 0.862. The number of Topliss-reactive ketones (excluding diaryl/α,β-unsaturated/α-hetero) is 1. The highest BCUT2D eigenvalue weighted by Crippen LogP contribution is 2.16. The fourth-order valence-electron chi connectivity index (χ4n) is 2.54. The molecule has 92 valence electrons. The number of piperidine rings is 1. The molecule has 0 aromatic heterocycles. The molecule has 2 heteroatoms. The molecule has 0 radical (unpaired) electrons. The molecule has 0 saturated carbocycles. The standard InChI is InChI=1S/C15H21NO/c1-12-4-2-5-13(8-12)9-15(17)10-14-6-3-7-16-11-14/h2,4-5,8,14,16H,3,6-7,9-11H2,1H3. The van der Waals surface area contributed by atoms with Gasteiger partial charge in [0.25, 0.3) is 0 Å². The fourth-order valence-corrected chi connectivity index (χ4v) is 2.54.